The summed E-state index contributed by atoms with van der Waals surface area (Å²) >= 11 is 3.36. The van der Waals surface area contributed by atoms with Crippen LogP contribution in [0.5, 0.6) is 5.75 Å². The van der Waals surface area contributed by atoms with E-state index in [-0.39, 0.29) is 6.10 Å². The van der Waals surface area contributed by atoms with Gasteiger partial charge in [0.05, 0.1) is 0 Å². The van der Waals surface area contributed by atoms with Crippen molar-refractivity contribution in [1.29, 1.82) is 0 Å². The molecule has 0 amide bonds. The number of nitrogens with one attached hydrogen (secondary N) is 1. The number of hydrogen-bond donors (Lipinski definition) is 2. The van der Waals surface area contributed by atoms with E-state index in [1.165, 1.54) is 0 Å². The summed E-state index contributed by atoms with van der Waals surface area (Å²) in [6.07, 6.45) is 0.428. The second-order valence-electron chi connectivity index (χ2n) is 3.73. The second-order valence-corrected chi connectivity index (χ2v) is 4.65. The Kier molecular flexibility index (Phi) is 3.46. The summed E-state index contributed by atoms with van der Waals surface area (Å²) in [7, 11) is 0. The standard InChI is InChI=1S/C11H12BrNO3/c12-7-2-1-3-8(4-7)16-9-5-10(11(14)15)13-6-9/h1-4,9-10,13H,5-6H2,(H,14,15). The van der Waals surface area contributed by atoms with Crippen LogP contribution in [0.25, 0.3) is 0 Å². The molecule has 0 spiro atoms. The van der Waals surface area contributed by atoms with E-state index in [2.05, 4.69) is 21.2 Å². The highest BCUT2D eigenvalue weighted by atomic mass is 79.9. The van der Waals surface area contributed by atoms with Crippen molar-refractivity contribution in [3.05, 3.63) is 28.7 Å². The van der Waals surface area contributed by atoms with Gasteiger partial charge in [-0.2, -0.15) is 0 Å². The lowest BCUT2D eigenvalue weighted by Crippen LogP contribution is -2.30. The fraction of sp³-hybridized carbons (Fsp3) is 0.364. The molecule has 1 aromatic carbocycles. The third kappa shape index (κ3) is 2.74. The molecule has 0 radical (unpaired) electrons. The fourth-order valence-corrected chi connectivity index (χ4v) is 2.09. The number of halogens is 1. The van der Waals surface area contributed by atoms with Crippen LogP contribution in [-0.4, -0.2) is 29.8 Å². The van der Waals surface area contributed by atoms with E-state index in [0.29, 0.717) is 13.0 Å². The summed E-state index contributed by atoms with van der Waals surface area (Å²) < 4.78 is 6.63. The van der Waals surface area contributed by atoms with Gasteiger partial charge < -0.3 is 15.2 Å². The lowest BCUT2D eigenvalue weighted by atomic mass is 10.2. The molecule has 16 heavy (non-hydrogen) atoms. The first-order valence-corrected chi connectivity index (χ1v) is 5.83. The Morgan fingerprint density at radius 2 is 2.38 bits per heavy atom. The Balaban J connectivity index is 1.94. The van der Waals surface area contributed by atoms with E-state index in [0.717, 1.165) is 10.2 Å². The summed E-state index contributed by atoms with van der Waals surface area (Å²) in [5.41, 5.74) is 0. The summed E-state index contributed by atoms with van der Waals surface area (Å²) in [6, 6.07) is 7.04. The molecule has 0 aromatic heterocycles. The predicted molar refractivity (Wildman–Crippen MR) is 62.6 cm³/mol. The van der Waals surface area contributed by atoms with Crippen molar-refractivity contribution in [3.63, 3.8) is 0 Å². The molecule has 0 aliphatic carbocycles. The van der Waals surface area contributed by atoms with Crippen LogP contribution in [0, 0.1) is 0 Å². The quantitative estimate of drug-likeness (QED) is 0.887. The molecule has 2 unspecified atom stereocenters. The van der Waals surface area contributed by atoms with Crippen LogP contribution in [0.2, 0.25) is 0 Å². The van der Waals surface area contributed by atoms with Gasteiger partial charge in [-0.1, -0.05) is 22.0 Å². The number of aliphatic carboxylic acids is 1. The van der Waals surface area contributed by atoms with Crippen LogP contribution < -0.4 is 10.1 Å². The maximum absolute atomic E-state index is 10.7. The molecule has 1 saturated heterocycles. The summed E-state index contributed by atoms with van der Waals surface area (Å²) in [6.45, 7) is 0.573. The molecular weight excluding hydrogens is 274 g/mol. The normalized spacial score (nSPS) is 24.3. The molecule has 1 aliphatic rings. The maximum atomic E-state index is 10.7. The Morgan fingerprint density at radius 3 is 3.00 bits per heavy atom. The minimum Gasteiger partial charge on any atom is -0.489 e. The molecule has 1 heterocycles. The smallest absolute Gasteiger partial charge is 0.320 e. The average Bonchev–Trinajstić information content (AvgIpc) is 2.66. The first kappa shape index (κ1) is 11.4. The Bertz CT molecular complexity index is 397. The second kappa shape index (κ2) is 4.84. The largest absolute Gasteiger partial charge is 0.489 e. The highest BCUT2D eigenvalue weighted by Gasteiger charge is 2.30. The van der Waals surface area contributed by atoms with Gasteiger partial charge in [0.1, 0.15) is 17.9 Å². The van der Waals surface area contributed by atoms with Crippen LogP contribution in [-0.2, 0) is 4.79 Å². The molecule has 1 aliphatic heterocycles. The maximum Gasteiger partial charge on any atom is 0.320 e. The molecule has 1 aromatic rings. The van der Waals surface area contributed by atoms with Crippen molar-refractivity contribution in [3.8, 4) is 5.75 Å². The minimum absolute atomic E-state index is 0.0737. The molecule has 4 nitrogen and oxygen atoms in total. The number of rotatable bonds is 3. The highest BCUT2D eigenvalue weighted by molar-refractivity contribution is 9.10. The molecule has 5 heteroatoms. The molecular formula is C11H12BrNO3. The van der Waals surface area contributed by atoms with E-state index in [4.69, 9.17) is 9.84 Å². The van der Waals surface area contributed by atoms with Gasteiger partial charge >= 0.3 is 5.97 Å². The topological polar surface area (TPSA) is 58.6 Å². The number of carboxylic acid groups (broad SMARTS) is 1. The molecule has 0 bridgehead atoms. The van der Waals surface area contributed by atoms with Crippen molar-refractivity contribution in [2.24, 2.45) is 0 Å². The lowest BCUT2D eigenvalue weighted by molar-refractivity contribution is -0.139. The van der Waals surface area contributed by atoms with Gasteiger partial charge in [-0.15, -0.1) is 0 Å². The van der Waals surface area contributed by atoms with Crippen LogP contribution in [0.15, 0.2) is 28.7 Å². The zero-order chi connectivity index (χ0) is 11.5. The Labute approximate surface area is 102 Å². The Hall–Kier alpha value is -1.07. The van der Waals surface area contributed by atoms with Crippen LogP contribution in [0.4, 0.5) is 0 Å². The number of benzene rings is 1. The van der Waals surface area contributed by atoms with E-state index >= 15 is 0 Å². The van der Waals surface area contributed by atoms with Crippen molar-refractivity contribution >= 4 is 21.9 Å². The van der Waals surface area contributed by atoms with E-state index in [9.17, 15) is 4.79 Å². The van der Waals surface area contributed by atoms with Crippen molar-refractivity contribution in [1.82, 2.24) is 5.32 Å². The van der Waals surface area contributed by atoms with Crippen LogP contribution in [0.3, 0.4) is 0 Å². The first-order chi connectivity index (χ1) is 7.65. The third-order valence-corrected chi connectivity index (χ3v) is 2.98. The zero-order valence-corrected chi connectivity index (χ0v) is 10.1. The summed E-state index contributed by atoms with van der Waals surface area (Å²) in [5.74, 6) is -0.0624. The summed E-state index contributed by atoms with van der Waals surface area (Å²) in [4.78, 5) is 10.7. The van der Waals surface area contributed by atoms with Gasteiger partial charge in [0, 0.05) is 17.4 Å². The van der Waals surface area contributed by atoms with Crippen LogP contribution in [0.1, 0.15) is 6.42 Å². The van der Waals surface area contributed by atoms with Gasteiger partial charge in [-0.05, 0) is 18.2 Å². The number of carbonyl (C=O) groups is 1. The highest BCUT2D eigenvalue weighted by Crippen LogP contribution is 2.21. The van der Waals surface area contributed by atoms with Crippen LogP contribution >= 0.6 is 15.9 Å². The number of hydrogen-bond acceptors (Lipinski definition) is 3. The van der Waals surface area contributed by atoms with E-state index in [1.54, 1.807) is 0 Å². The van der Waals surface area contributed by atoms with Gasteiger partial charge in [-0.25, -0.2) is 0 Å². The first-order valence-electron chi connectivity index (χ1n) is 5.03. The molecule has 0 saturated carbocycles. The molecule has 2 N–H and O–H groups in total. The Morgan fingerprint density at radius 1 is 1.56 bits per heavy atom. The zero-order valence-electron chi connectivity index (χ0n) is 8.52. The lowest BCUT2D eigenvalue weighted by Gasteiger charge is -2.12. The van der Waals surface area contributed by atoms with E-state index < -0.39 is 12.0 Å². The minimum atomic E-state index is -0.819. The fourth-order valence-electron chi connectivity index (χ4n) is 1.71. The molecule has 1 fully saturated rings. The summed E-state index contributed by atoms with van der Waals surface area (Å²) in [5, 5.41) is 11.7. The van der Waals surface area contributed by atoms with Gasteiger partial charge in [0.25, 0.3) is 0 Å². The van der Waals surface area contributed by atoms with Crippen molar-refractivity contribution < 1.29 is 14.6 Å². The van der Waals surface area contributed by atoms with Gasteiger partial charge in [0.15, 0.2) is 0 Å². The average molecular weight is 286 g/mol. The monoisotopic (exact) mass is 285 g/mol. The predicted octanol–water partition coefficient (Wildman–Crippen LogP) is 1.64. The van der Waals surface area contributed by atoms with E-state index in [1.807, 2.05) is 24.3 Å². The van der Waals surface area contributed by atoms with Crippen molar-refractivity contribution in [2.75, 3.05) is 6.54 Å². The number of ether oxygens (including phenoxy) is 1. The molecule has 2 atom stereocenters. The SMILES string of the molecule is O=C(O)C1CC(Oc2cccc(Br)c2)CN1. The van der Waals surface area contributed by atoms with Crippen molar-refractivity contribution in [2.45, 2.75) is 18.6 Å². The number of carboxylic acids is 1. The third-order valence-electron chi connectivity index (χ3n) is 2.49. The molecule has 86 valence electrons. The van der Waals surface area contributed by atoms with Gasteiger partial charge in [0.2, 0.25) is 0 Å². The molecule has 2 rings (SSSR count). The van der Waals surface area contributed by atoms with Gasteiger partial charge in [-0.3, -0.25) is 4.79 Å².